The van der Waals surface area contributed by atoms with Crippen LogP contribution < -0.4 is 5.73 Å². The van der Waals surface area contributed by atoms with E-state index in [2.05, 4.69) is 18.9 Å². The molecule has 0 saturated heterocycles. The highest BCUT2D eigenvalue weighted by molar-refractivity contribution is 6.33. The van der Waals surface area contributed by atoms with E-state index in [1.54, 1.807) is 17.8 Å². The average molecular weight is 282 g/mol. The molecule has 0 spiro atoms. The lowest BCUT2D eigenvalue weighted by molar-refractivity contribution is 0.628. The maximum absolute atomic E-state index is 13.2. The lowest BCUT2D eigenvalue weighted by Gasteiger charge is -2.10. The summed E-state index contributed by atoms with van der Waals surface area (Å²) in [5, 5.41) is 4.81. The Labute approximate surface area is 117 Å². The molecule has 0 aliphatic rings. The minimum absolute atomic E-state index is 0.264. The largest absolute Gasteiger partial charge is 0.383 e. The number of hydrogen-bond donors (Lipinski definition) is 1. The van der Waals surface area contributed by atoms with Crippen LogP contribution in [0.5, 0.6) is 0 Å². The highest BCUT2D eigenvalue weighted by Crippen LogP contribution is 2.38. The molecule has 1 aromatic heterocycles. The van der Waals surface area contributed by atoms with Crippen molar-refractivity contribution in [3.8, 4) is 11.1 Å². The number of rotatable bonds is 3. The van der Waals surface area contributed by atoms with E-state index in [4.69, 9.17) is 17.3 Å². The summed E-state index contributed by atoms with van der Waals surface area (Å²) in [4.78, 5) is 0. The van der Waals surface area contributed by atoms with Gasteiger partial charge >= 0.3 is 0 Å². The van der Waals surface area contributed by atoms with Gasteiger partial charge in [0.25, 0.3) is 0 Å². The van der Waals surface area contributed by atoms with Crippen LogP contribution in [0.1, 0.15) is 31.9 Å². The van der Waals surface area contributed by atoms with Gasteiger partial charge in [-0.05, 0) is 24.6 Å². The molecule has 0 aliphatic carbocycles. The number of nitrogens with two attached hydrogens (primary N) is 1. The fourth-order valence-corrected chi connectivity index (χ4v) is 2.33. The molecule has 1 unspecified atom stereocenters. The summed E-state index contributed by atoms with van der Waals surface area (Å²) < 4.78 is 14.8. The zero-order valence-corrected chi connectivity index (χ0v) is 12.0. The molecule has 0 fully saturated rings. The highest BCUT2D eigenvalue weighted by atomic mass is 35.5. The Morgan fingerprint density at radius 3 is 2.74 bits per heavy atom. The van der Waals surface area contributed by atoms with E-state index < -0.39 is 0 Å². The lowest BCUT2D eigenvalue weighted by Crippen LogP contribution is -1.98. The minimum atomic E-state index is -0.360. The quantitative estimate of drug-likeness (QED) is 0.925. The Bertz CT molecular complexity index is 607. The minimum Gasteiger partial charge on any atom is -0.383 e. The maximum atomic E-state index is 13.2. The third-order valence-electron chi connectivity index (χ3n) is 3.40. The van der Waals surface area contributed by atoms with Crippen molar-refractivity contribution in [2.75, 3.05) is 5.73 Å². The molecule has 0 bridgehead atoms. The molecular weight excluding hydrogens is 265 g/mol. The SMILES string of the molecule is CCC(C)c1nn(C)c(N)c1-c1ccc(F)cc1Cl. The van der Waals surface area contributed by atoms with Gasteiger partial charge < -0.3 is 5.73 Å². The van der Waals surface area contributed by atoms with Crippen molar-refractivity contribution in [2.45, 2.75) is 26.2 Å². The van der Waals surface area contributed by atoms with Gasteiger partial charge in [0.1, 0.15) is 11.6 Å². The number of nitrogens with zero attached hydrogens (tertiary/aromatic N) is 2. The monoisotopic (exact) mass is 281 g/mol. The number of anilines is 1. The van der Waals surface area contributed by atoms with Crippen molar-refractivity contribution < 1.29 is 4.39 Å². The average Bonchev–Trinajstić information content (AvgIpc) is 2.66. The predicted molar refractivity (Wildman–Crippen MR) is 76.7 cm³/mol. The molecule has 1 heterocycles. The third-order valence-corrected chi connectivity index (χ3v) is 3.71. The third kappa shape index (κ3) is 2.45. The van der Waals surface area contributed by atoms with E-state index >= 15 is 0 Å². The molecule has 0 saturated carbocycles. The molecule has 1 atom stereocenters. The summed E-state index contributed by atoms with van der Waals surface area (Å²) in [6.45, 7) is 4.17. The molecule has 2 aromatic rings. The van der Waals surface area contributed by atoms with Gasteiger partial charge in [-0.3, -0.25) is 4.68 Å². The summed E-state index contributed by atoms with van der Waals surface area (Å²) >= 11 is 6.13. The zero-order valence-electron chi connectivity index (χ0n) is 11.2. The number of benzene rings is 1. The van der Waals surface area contributed by atoms with Crippen LogP contribution in [0.3, 0.4) is 0 Å². The van der Waals surface area contributed by atoms with Gasteiger partial charge in [0, 0.05) is 24.1 Å². The fourth-order valence-electron chi connectivity index (χ4n) is 2.06. The first-order chi connectivity index (χ1) is 8.95. The number of aryl methyl sites for hydroxylation is 1. The predicted octanol–water partition coefficient (Wildman–Crippen LogP) is 3.98. The Hall–Kier alpha value is -1.55. The summed E-state index contributed by atoms with van der Waals surface area (Å²) in [5.74, 6) is 0.449. The molecule has 5 heteroatoms. The molecular formula is C14H17ClFN3. The number of aromatic nitrogens is 2. The van der Waals surface area contributed by atoms with Crippen molar-refractivity contribution in [1.29, 1.82) is 0 Å². The van der Waals surface area contributed by atoms with E-state index in [0.717, 1.165) is 23.2 Å². The Kier molecular flexibility index (Phi) is 3.80. The zero-order chi connectivity index (χ0) is 14.2. The van der Waals surface area contributed by atoms with Crippen LogP contribution in [0.2, 0.25) is 5.02 Å². The molecule has 19 heavy (non-hydrogen) atoms. The maximum Gasteiger partial charge on any atom is 0.129 e. The molecule has 0 amide bonds. The first kappa shape index (κ1) is 13.9. The highest BCUT2D eigenvalue weighted by Gasteiger charge is 2.21. The number of hydrogen-bond acceptors (Lipinski definition) is 2. The summed E-state index contributed by atoms with van der Waals surface area (Å²) in [5.41, 5.74) is 8.52. The van der Waals surface area contributed by atoms with Gasteiger partial charge in [-0.2, -0.15) is 5.10 Å². The van der Waals surface area contributed by atoms with Crippen LogP contribution in [-0.4, -0.2) is 9.78 Å². The van der Waals surface area contributed by atoms with Gasteiger partial charge in [-0.15, -0.1) is 0 Å². The standard InChI is InChI=1S/C14H17ClFN3/c1-4-8(2)13-12(14(17)19(3)18-13)10-6-5-9(16)7-11(10)15/h5-8H,4,17H2,1-3H3. The van der Waals surface area contributed by atoms with E-state index in [9.17, 15) is 4.39 Å². The van der Waals surface area contributed by atoms with Gasteiger partial charge in [0.15, 0.2) is 0 Å². The van der Waals surface area contributed by atoms with E-state index in [-0.39, 0.29) is 11.7 Å². The fraction of sp³-hybridized carbons (Fsp3) is 0.357. The van der Waals surface area contributed by atoms with Gasteiger partial charge in [-0.25, -0.2) is 4.39 Å². The van der Waals surface area contributed by atoms with Crippen LogP contribution in [0.4, 0.5) is 10.2 Å². The second-order valence-corrected chi connectivity index (χ2v) is 5.11. The second-order valence-electron chi connectivity index (χ2n) is 4.70. The van der Waals surface area contributed by atoms with Gasteiger partial charge in [0.2, 0.25) is 0 Å². The molecule has 3 nitrogen and oxygen atoms in total. The van der Waals surface area contributed by atoms with Crippen molar-refractivity contribution in [2.24, 2.45) is 7.05 Å². The van der Waals surface area contributed by atoms with E-state index in [0.29, 0.717) is 10.8 Å². The van der Waals surface area contributed by atoms with Crippen molar-refractivity contribution in [1.82, 2.24) is 9.78 Å². The first-order valence-electron chi connectivity index (χ1n) is 6.23. The molecule has 2 rings (SSSR count). The molecule has 0 radical (unpaired) electrons. The van der Waals surface area contributed by atoms with Crippen molar-refractivity contribution in [3.63, 3.8) is 0 Å². The van der Waals surface area contributed by atoms with Crippen molar-refractivity contribution >= 4 is 17.4 Å². The van der Waals surface area contributed by atoms with Crippen LogP contribution in [-0.2, 0) is 7.05 Å². The smallest absolute Gasteiger partial charge is 0.129 e. The van der Waals surface area contributed by atoms with E-state index in [1.165, 1.54) is 12.1 Å². The number of nitrogen functional groups attached to an aromatic ring is 1. The van der Waals surface area contributed by atoms with Crippen molar-refractivity contribution in [3.05, 3.63) is 34.7 Å². The Morgan fingerprint density at radius 1 is 1.47 bits per heavy atom. The van der Waals surface area contributed by atoms with Crippen LogP contribution >= 0.6 is 11.6 Å². The normalized spacial score (nSPS) is 12.7. The Balaban J connectivity index is 2.67. The topological polar surface area (TPSA) is 43.8 Å². The summed E-state index contributed by atoms with van der Waals surface area (Å²) in [6, 6.07) is 4.33. The van der Waals surface area contributed by atoms with E-state index in [1.807, 2.05) is 0 Å². The molecule has 102 valence electrons. The van der Waals surface area contributed by atoms with Crippen LogP contribution in [0.15, 0.2) is 18.2 Å². The second kappa shape index (κ2) is 5.21. The summed E-state index contributed by atoms with van der Waals surface area (Å²) in [7, 11) is 1.79. The Morgan fingerprint density at radius 2 is 2.16 bits per heavy atom. The molecule has 2 N–H and O–H groups in total. The van der Waals surface area contributed by atoms with Gasteiger partial charge in [0.05, 0.1) is 10.7 Å². The lowest BCUT2D eigenvalue weighted by atomic mass is 9.96. The first-order valence-corrected chi connectivity index (χ1v) is 6.61. The molecule has 0 aliphatic heterocycles. The van der Waals surface area contributed by atoms with Gasteiger partial charge in [-0.1, -0.05) is 25.4 Å². The van der Waals surface area contributed by atoms with Crippen LogP contribution in [0.25, 0.3) is 11.1 Å². The number of halogens is 2. The molecule has 1 aromatic carbocycles. The summed E-state index contributed by atoms with van der Waals surface area (Å²) in [6.07, 6.45) is 0.947. The van der Waals surface area contributed by atoms with Crippen LogP contribution in [0, 0.1) is 5.82 Å².